The number of anilines is 2. The molecular weight excluding hydrogens is 316 g/mol. The van der Waals surface area contributed by atoms with Crippen LogP contribution in [0.4, 0.5) is 11.4 Å². The lowest BCUT2D eigenvalue weighted by Crippen LogP contribution is -2.39. The van der Waals surface area contributed by atoms with Crippen molar-refractivity contribution in [1.82, 2.24) is 0 Å². The first-order chi connectivity index (χ1) is 11.1. The van der Waals surface area contributed by atoms with Gasteiger partial charge in [0.15, 0.2) is 6.61 Å². The van der Waals surface area contributed by atoms with E-state index >= 15 is 0 Å². The summed E-state index contributed by atoms with van der Waals surface area (Å²) in [6.07, 6.45) is 0.697. The molecule has 0 bridgehead atoms. The van der Waals surface area contributed by atoms with Crippen LogP contribution in [0.2, 0.25) is 5.02 Å². The largest absolute Gasteiger partial charge is 0.494 e. The first-order valence-electron chi connectivity index (χ1n) is 7.34. The Hall–Kier alpha value is -2.40. The topological polar surface area (TPSA) is 64.8 Å². The van der Waals surface area contributed by atoms with Gasteiger partial charge in [0.05, 0.1) is 12.3 Å². The van der Waals surface area contributed by atoms with E-state index in [-0.39, 0.29) is 12.5 Å². The Kier molecular flexibility index (Phi) is 4.57. The van der Waals surface area contributed by atoms with E-state index in [0.717, 1.165) is 5.75 Å². The summed E-state index contributed by atoms with van der Waals surface area (Å²) in [6, 6.07) is 12.5. The number of hydrogen-bond donors (Lipinski definition) is 1. The Morgan fingerprint density at radius 3 is 2.78 bits per heavy atom. The molecule has 5 nitrogen and oxygen atoms in total. The molecule has 0 unspecified atom stereocenters. The van der Waals surface area contributed by atoms with Gasteiger partial charge in [-0.1, -0.05) is 11.6 Å². The van der Waals surface area contributed by atoms with Crippen LogP contribution in [0.5, 0.6) is 11.5 Å². The Bertz CT molecular complexity index is 703. The minimum absolute atomic E-state index is 0.0506. The van der Waals surface area contributed by atoms with Gasteiger partial charge in [-0.25, -0.2) is 0 Å². The third-order valence-corrected chi connectivity index (χ3v) is 3.79. The van der Waals surface area contributed by atoms with Crippen molar-refractivity contribution in [2.24, 2.45) is 0 Å². The average Bonchev–Trinajstić information content (AvgIpc) is 2.55. The maximum atomic E-state index is 12.1. The van der Waals surface area contributed by atoms with Crippen LogP contribution < -0.4 is 20.1 Å². The molecule has 2 aromatic rings. The number of rotatable bonds is 5. The zero-order valence-corrected chi connectivity index (χ0v) is 13.3. The second kappa shape index (κ2) is 6.79. The summed E-state index contributed by atoms with van der Waals surface area (Å²) in [5, 5.41) is 0.672. The van der Waals surface area contributed by atoms with Crippen molar-refractivity contribution in [2.45, 2.75) is 6.42 Å². The van der Waals surface area contributed by atoms with Crippen LogP contribution >= 0.6 is 11.6 Å². The van der Waals surface area contributed by atoms with Crippen LogP contribution in [0.15, 0.2) is 42.5 Å². The third kappa shape index (κ3) is 3.68. The molecule has 120 valence electrons. The lowest BCUT2D eigenvalue weighted by molar-refractivity contribution is -0.121. The fraction of sp³-hybridized carbons (Fsp3) is 0.235. The van der Waals surface area contributed by atoms with Crippen LogP contribution in [-0.2, 0) is 4.79 Å². The van der Waals surface area contributed by atoms with E-state index in [9.17, 15) is 4.79 Å². The summed E-state index contributed by atoms with van der Waals surface area (Å²) >= 11 is 5.83. The highest BCUT2D eigenvalue weighted by Gasteiger charge is 2.25. The van der Waals surface area contributed by atoms with Gasteiger partial charge < -0.3 is 20.1 Å². The standard InChI is InChI=1S/C17H17ClN2O3/c18-12-2-5-14(6-3-12)22-9-1-8-20-15-10-13(19)4-7-16(15)23-11-17(20)21/h2-7,10H,1,8-9,11,19H2. The van der Waals surface area contributed by atoms with Gasteiger partial charge >= 0.3 is 0 Å². The van der Waals surface area contributed by atoms with Crippen LogP contribution in [0, 0.1) is 0 Å². The van der Waals surface area contributed by atoms with Crippen LogP contribution in [0.1, 0.15) is 6.42 Å². The molecule has 1 aliphatic rings. The van der Waals surface area contributed by atoms with Crippen molar-refractivity contribution >= 4 is 28.9 Å². The summed E-state index contributed by atoms with van der Waals surface area (Å²) in [5.41, 5.74) is 7.12. The average molecular weight is 333 g/mol. The zero-order valence-electron chi connectivity index (χ0n) is 12.5. The lowest BCUT2D eigenvalue weighted by Gasteiger charge is -2.29. The molecule has 0 atom stereocenters. The molecule has 0 radical (unpaired) electrons. The molecule has 0 spiro atoms. The number of amides is 1. The van der Waals surface area contributed by atoms with Gasteiger partial charge in [0.25, 0.3) is 5.91 Å². The number of nitrogen functional groups attached to an aromatic ring is 1. The summed E-state index contributed by atoms with van der Waals surface area (Å²) in [4.78, 5) is 13.8. The maximum absolute atomic E-state index is 12.1. The number of carbonyl (C=O) groups excluding carboxylic acids is 1. The molecule has 6 heteroatoms. The molecule has 1 aliphatic heterocycles. The Balaban J connectivity index is 1.58. The van der Waals surface area contributed by atoms with Gasteiger partial charge in [-0.05, 0) is 48.9 Å². The fourth-order valence-corrected chi connectivity index (χ4v) is 2.53. The molecule has 23 heavy (non-hydrogen) atoms. The number of benzene rings is 2. The molecule has 0 aromatic heterocycles. The highest BCUT2D eigenvalue weighted by Crippen LogP contribution is 2.33. The first-order valence-corrected chi connectivity index (χ1v) is 7.72. The van der Waals surface area contributed by atoms with E-state index in [4.69, 9.17) is 26.8 Å². The molecule has 1 heterocycles. The second-order valence-electron chi connectivity index (χ2n) is 5.22. The van der Waals surface area contributed by atoms with Crippen molar-refractivity contribution < 1.29 is 14.3 Å². The van der Waals surface area contributed by atoms with Crippen molar-refractivity contribution in [3.63, 3.8) is 0 Å². The van der Waals surface area contributed by atoms with Gasteiger partial charge in [0.2, 0.25) is 0 Å². The number of fused-ring (bicyclic) bond motifs is 1. The predicted molar refractivity (Wildman–Crippen MR) is 90.3 cm³/mol. The Labute approximate surface area is 139 Å². The predicted octanol–water partition coefficient (Wildman–Crippen LogP) is 3.12. The van der Waals surface area contributed by atoms with E-state index in [1.165, 1.54) is 0 Å². The van der Waals surface area contributed by atoms with E-state index in [2.05, 4.69) is 0 Å². The monoisotopic (exact) mass is 332 g/mol. The normalized spacial score (nSPS) is 13.4. The molecule has 1 amide bonds. The minimum Gasteiger partial charge on any atom is -0.494 e. The molecule has 2 N–H and O–H groups in total. The van der Waals surface area contributed by atoms with E-state index in [1.807, 2.05) is 12.1 Å². The molecular formula is C17H17ClN2O3. The molecule has 0 fully saturated rings. The van der Waals surface area contributed by atoms with E-state index in [0.29, 0.717) is 41.7 Å². The number of carbonyl (C=O) groups is 1. The van der Waals surface area contributed by atoms with Gasteiger partial charge in [-0.2, -0.15) is 0 Å². The van der Waals surface area contributed by atoms with Gasteiger partial charge in [-0.15, -0.1) is 0 Å². The van der Waals surface area contributed by atoms with Crippen molar-refractivity contribution in [2.75, 3.05) is 30.4 Å². The highest BCUT2D eigenvalue weighted by atomic mass is 35.5. The number of hydrogen-bond acceptors (Lipinski definition) is 4. The number of nitrogens with zero attached hydrogens (tertiary/aromatic N) is 1. The maximum Gasteiger partial charge on any atom is 0.265 e. The van der Waals surface area contributed by atoms with E-state index in [1.54, 1.807) is 35.2 Å². The van der Waals surface area contributed by atoms with Gasteiger partial charge in [0.1, 0.15) is 11.5 Å². The lowest BCUT2D eigenvalue weighted by atomic mass is 10.2. The van der Waals surface area contributed by atoms with Crippen molar-refractivity contribution in [3.8, 4) is 11.5 Å². The SMILES string of the molecule is Nc1ccc2c(c1)N(CCCOc1ccc(Cl)cc1)C(=O)CO2. The summed E-state index contributed by atoms with van der Waals surface area (Å²) in [5.74, 6) is 1.36. The molecule has 3 rings (SSSR count). The summed E-state index contributed by atoms with van der Waals surface area (Å²) < 4.78 is 11.1. The van der Waals surface area contributed by atoms with Gasteiger partial charge in [-0.3, -0.25) is 4.79 Å². The smallest absolute Gasteiger partial charge is 0.265 e. The van der Waals surface area contributed by atoms with Crippen LogP contribution in [-0.4, -0.2) is 25.7 Å². The summed E-state index contributed by atoms with van der Waals surface area (Å²) in [6.45, 7) is 1.10. The zero-order chi connectivity index (χ0) is 16.2. The minimum atomic E-state index is -0.0745. The highest BCUT2D eigenvalue weighted by molar-refractivity contribution is 6.30. The molecule has 2 aromatic carbocycles. The molecule has 0 aliphatic carbocycles. The Morgan fingerprint density at radius 2 is 2.00 bits per heavy atom. The number of halogens is 1. The van der Waals surface area contributed by atoms with Crippen molar-refractivity contribution in [1.29, 1.82) is 0 Å². The van der Waals surface area contributed by atoms with Crippen molar-refractivity contribution in [3.05, 3.63) is 47.5 Å². The quantitative estimate of drug-likeness (QED) is 0.675. The second-order valence-corrected chi connectivity index (χ2v) is 5.65. The summed E-state index contributed by atoms with van der Waals surface area (Å²) in [7, 11) is 0. The fourth-order valence-electron chi connectivity index (χ4n) is 2.41. The molecule has 0 saturated heterocycles. The number of ether oxygens (including phenoxy) is 2. The Morgan fingerprint density at radius 1 is 1.22 bits per heavy atom. The molecule has 0 saturated carbocycles. The van der Waals surface area contributed by atoms with Crippen LogP contribution in [0.3, 0.4) is 0 Å². The van der Waals surface area contributed by atoms with E-state index < -0.39 is 0 Å². The number of nitrogens with two attached hydrogens (primary N) is 1. The first kappa shape index (κ1) is 15.5. The van der Waals surface area contributed by atoms with Gasteiger partial charge in [0, 0.05) is 17.3 Å². The van der Waals surface area contributed by atoms with Crippen LogP contribution in [0.25, 0.3) is 0 Å². The third-order valence-electron chi connectivity index (χ3n) is 3.53.